The number of pyridine rings is 1. The standard InChI is InChI=1S/C13H12ClN3O3/c1-19-12(18)10-8-11(14)17-13(16-10)20-7-5-9-4-2-3-6-15-9/h2-4,6,8H,5,7H2,1H3. The quantitative estimate of drug-likeness (QED) is 0.619. The lowest BCUT2D eigenvalue weighted by atomic mass is 10.3. The topological polar surface area (TPSA) is 74.2 Å². The van der Waals surface area contributed by atoms with Crippen molar-refractivity contribution in [1.82, 2.24) is 15.0 Å². The molecular formula is C13H12ClN3O3. The maximum absolute atomic E-state index is 11.4. The van der Waals surface area contributed by atoms with Gasteiger partial charge in [-0.2, -0.15) is 9.97 Å². The number of rotatable bonds is 5. The third-order valence-corrected chi connectivity index (χ3v) is 2.58. The van der Waals surface area contributed by atoms with Gasteiger partial charge in [0.25, 0.3) is 0 Å². The molecule has 0 atom stereocenters. The van der Waals surface area contributed by atoms with Crippen molar-refractivity contribution >= 4 is 17.6 Å². The Bertz CT molecular complexity index is 593. The van der Waals surface area contributed by atoms with E-state index in [1.165, 1.54) is 13.2 Å². The number of esters is 1. The molecule has 0 amide bonds. The molecule has 0 bridgehead atoms. The maximum atomic E-state index is 11.4. The minimum atomic E-state index is -0.594. The average molecular weight is 294 g/mol. The van der Waals surface area contributed by atoms with Gasteiger partial charge in [-0.05, 0) is 12.1 Å². The summed E-state index contributed by atoms with van der Waals surface area (Å²) in [5.74, 6) is -0.594. The van der Waals surface area contributed by atoms with Crippen molar-refractivity contribution in [2.24, 2.45) is 0 Å². The molecule has 0 radical (unpaired) electrons. The van der Waals surface area contributed by atoms with E-state index in [1.54, 1.807) is 6.20 Å². The summed E-state index contributed by atoms with van der Waals surface area (Å²) < 4.78 is 9.94. The van der Waals surface area contributed by atoms with Gasteiger partial charge in [0.2, 0.25) is 0 Å². The highest BCUT2D eigenvalue weighted by atomic mass is 35.5. The summed E-state index contributed by atoms with van der Waals surface area (Å²) in [5.41, 5.74) is 0.947. The van der Waals surface area contributed by atoms with Gasteiger partial charge >= 0.3 is 12.0 Å². The van der Waals surface area contributed by atoms with Crippen molar-refractivity contribution < 1.29 is 14.3 Å². The molecule has 2 heterocycles. The van der Waals surface area contributed by atoms with Crippen molar-refractivity contribution in [3.05, 3.63) is 47.0 Å². The summed E-state index contributed by atoms with van der Waals surface area (Å²) in [7, 11) is 1.26. The second-order valence-electron chi connectivity index (χ2n) is 3.77. The number of carbonyl (C=O) groups excluding carboxylic acids is 1. The van der Waals surface area contributed by atoms with E-state index in [0.29, 0.717) is 13.0 Å². The minimum Gasteiger partial charge on any atom is -0.464 e. The van der Waals surface area contributed by atoms with Crippen molar-refractivity contribution in [3.8, 4) is 6.01 Å². The molecule has 7 heteroatoms. The first-order valence-corrected chi connectivity index (χ1v) is 6.22. The van der Waals surface area contributed by atoms with E-state index in [-0.39, 0.29) is 16.9 Å². The predicted octanol–water partition coefficient (Wildman–Crippen LogP) is 1.93. The molecule has 0 saturated heterocycles. The molecule has 0 spiro atoms. The first-order chi connectivity index (χ1) is 9.69. The van der Waals surface area contributed by atoms with Gasteiger partial charge in [-0.3, -0.25) is 4.98 Å². The second kappa shape index (κ2) is 6.81. The van der Waals surface area contributed by atoms with E-state index >= 15 is 0 Å². The van der Waals surface area contributed by atoms with Crippen molar-refractivity contribution in [2.45, 2.75) is 6.42 Å². The fourth-order valence-electron chi connectivity index (χ4n) is 1.46. The lowest BCUT2D eigenvalue weighted by molar-refractivity contribution is 0.0592. The van der Waals surface area contributed by atoms with E-state index < -0.39 is 5.97 Å². The van der Waals surface area contributed by atoms with Crippen molar-refractivity contribution in [1.29, 1.82) is 0 Å². The number of ether oxygens (including phenoxy) is 2. The number of nitrogens with zero attached hydrogens (tertiary/aromatic N) is 3. The monoisotopic (exact) mass is 293 g/mol. The Morgan fingerprint density at radius 1 is 1.35 bits per heavy atom. The Balaban J connectivity index is 1.99. The van der Waals surface area contributed by atoms with Crippen LogP contribution in [0.2, 0.25) is 5.15 Å². The van der Waals surface area contributed by atoms with Crippen molar-refractivity contribution in [3.63, 3.8) is 0 Å². The maximum Gasteiger partial charge on any atom is 0.356 e. The number of hydrogen-bond donors (Lipinski definition) is 0. The predicted molar refractivity (Wildman–Crippen MR) is 71.8 cm³/mol. The molecule has 2 aromatic heterocycles. The summed E-state index contributed by atoms with van der Waals surface area (Å²) in [6.07, 6.45) is 2.31. The summed E-state index contributed by atoms with van der Waals surface area (Å²) >= 11 is 5.80. The number of carbonyl (C=O) groups is 1. The van der Waals surface area contributed by atoms with E-state index in [4.69, 9.17) is 16.3 Å². The molecule has 2 rings (SSSR count). The smallest absolute Gasteiger partial charge is 0.356 e. The molecule has 0 aromatic carbocycles. The normalized spacial score (nSPS) is 10.1. The second-order valence-corrected chi connectivity index (χ2v) is 4.16. The van der Waals surface area contributed by atoms with Crippen LogP contribution in [0.25, 0.3) is 0 Å². The third-order valence-electron chi connectivity index (χ3n) is 2.38. The zero-order chi connectivity index (χ0) is 14.4. The summed E-state index contributed by atoms with van der Waals surface area (Å²) in [4.78, 5) is 23.4. The van der Waals surface area contributed by atoms with Crippen LogP contribution in [0, 0.1) is 0 Å². The molecule has 0 fully saturated rings. The van der Waals surface area contributed by atoms with Gasteiger partial charge in [-0.15, -0.1) is 0 Å². The highest BCUT2D eigenvalue weighted by Gasteiger charge is 2.12. The molecule has 2 aromatic rings. The zero-order valence-corrected chi connectivity index (χ0v) is 11.5. The van der Waals surface area contributed by atoms with Crippen molar-refractivity contribution in [2.75, 3.05) is 13.7 Å². The van der Waals surface area contributed by atoms with E-state index in [1.807, 2.05) is 18.2 Å². The van der Waals surface area contributed by atoms with Gasteiger partial charge < -0.3 is 9.47 Å². The molecule has 0 N–H and O–H groups in total. The van der Waals surface area contributed by atoms with Gasteiger partial charge in [-0.1, -0.05) is 17.7 Å². The Morgan fingerprint density at radius 3 is 2.90 bits per heavy atom. The molecule has 0 aliphatic rings. The van der Waals surface area contributed by atoms with Gasteiger partial charge in [0.15, 0.2) is 5.69 Å². The number of halogens is 1. The fraction of sp³-hybridized carbons (Fsp3) is 0.231. The summed E-state index contributed by atoms with van der Waals surface area (Å²) in [6, 6.07) is 6.98. The molecular weight excluding hydrogens is 282 g/mol. The SMILES string of the molecule is COC(=O)c1cc(Cl)nc(OCCc2ccccn2)n1. The van der Waals surface area contributed by atoms with E-state index in [9.17, 15) is 4.79 Å². The van der Waals surface area contributed by atoms with Crippen LogP contribution in [0.1, 0.15) is 16.2 Å². The lowest BCUT2D eigenvalue weighted by Crippen LogP contribution is -2.09. The molecule has 0 aliphatic heterocycles. The average Bonchev–Trinajstić information content (AvgIpc) is 2.47. The van der Waals surface area contributed by atoms with Crippen LogP contribution in [0.3, 0.4) is 0 Å². The number of aromatic nitrogens is 3. The largest absolute Gasteiger partial charge is 0.464 e. The first kappa shape index (κ1) is 14.2. The van der Waals surface area contributed by atoms with Gasteiger partial charge in [0.05, 0.1) is 13.7 Å². The lowest BCUT2D eigenvalue weighted by Gasteiger charge is -2.06. The van der Waals surface area contributed by atoms with Crippen LogP contribution in [0.15, 0.2) is 30.5 Å². The summed E-state index contributed by atoms with van der Waals surface area (Å²) in [6.45, 7) is 0.331. The van der Waals surface area contributed by atoms with Gasteiger partial charge in [-0.25, -0.2) is 4.79 Å². The Labute approximate surface area is 120 Å². The van der Waals surface area contributed by atoms with E-state index in [2.05, 4.69) is 19.7 Å². The molecule has 0 saturated carbocycles. The molecule has 20 heavy (non-hydrogen) atoms. The Hall–Kier alpha value is -2.21. The number of hydrogen-bond acceptors (Lipinski definition) is 6. The Kier molecular flexibility index (Phi) is 4.84. The molecule has 0 unspecified atom stereocenters. The van der Waals surface area contributed by atoms with Crippen LogP contribution in [-0.4, -0.2) is 34.6 Å². The third kappa shape index (κ3) is 3.89. The number of methoxy groups -OCH3 is 1. The van der Waals surface area contributed by atoms with Crippen LogP contribution in [0.5, 0.6) is 6.01 Å². The first-order valence-electron chi connectivity index (χ1n) is 5.84. The zero-order valence-electron chi connectivity index (χ0n) is 10.7. The van der Waals surface area contributed by atoms with Crippen LogP contribution in [0.4, 0.5) is 0 Å². The van der Waals surface area contributed by atoms with Crippen LogP contribution < -0.4 is 4.74 Å². The highest BCUT2D eigenvalue weighted by Crippen LogP contribution is 2.13. The fourth-order valence-corrected chi connectivity index (χ4v) is 1.64. The van der Waals surface area contributed by atoms with E-state index in [0.717, 1.165) is 5.69 Å². The van der Waals surface area contributed by atoms with Gasteiger partial charge in [0, 0.05) is 24.4 Å². The van der Waals surface area contributed by atoms with Crippen LogP contribution >= 0.6 is 11.6 Å². The minimum absolute atomic E-state index is 0.0360. The van der Waals surface area contributed by atoms with Crippen LogP contribution in [-0.2, 0) is 11.2 Å². The van der Waals surface area contributed by atoms with Gasteiger partial charge in [0.1, 0.15) is 5.15 Å². The molecule has 104 valence electrons. The Morgan fingerprint density at radius 2 is 2.20 bits per heavy atom. The summed E-state index contributed by atoms with van der Waals surface area (Å²) in [5, 5.41) is 0.119. The molecule has 6 nitrogen and oxygen atoms in total. The molecule has 0 aliphatic carbocycles. The highest BCUT2D eigenvalue weighted by molar-refractivity contribution is 6.29.